The first-order valence-corrected chi connectivity index (χ1v) is 20.0. The zero-order chi connectivity index (χ0) is 42.6. The number of rotatable bonds is 22. The van der Waals surface area contributed by atoms with Gasteiger partial charge in [-0.25, -0.2) is 16.8 Å². The minimum Gasteiger partial charge on any atom is -0.744 e. The van der Waals surface area contributed by atoms with Crippen LogP contribution in [0.15, 0.2) is 46.2 Å². The Morgan fingerprint density at radius 2 is 0.850 bits per heavy atom. The Labute approximate surface area is 430 Å². The fraction of sp³-hybridized carbons (Fsp3) is 0.375. The monoisotopic (exact) mass is 928 g/mol. The van der Waals surface area contributed by atoms with Gasteiger partial charge in [-0.1, -0.05) is 24.3 Å². The van der Waals surface area contributed by atoms with Crippen LogP contribution in [0.4, 0.5) is 47.1 Å². The minimum atomic E-state index is -5.17. The second-order valence-corrected chi connectivity index (χ2v) is 15.2. The van der Waals surface area contributed by atoms with Crippen molar-refractivity contribution in [2.24, 2.45) is 0 Å². The summed E-state index contributed by atoms with van der Waals surface area (Å²) in [6, 6.07) is 7.11. The molecular formula is C32H42K2N12O12S2. The van der Waals surface area contributed by atoms with Gasteiger partial charge in [0.15, 0.2) is 0 Å². The van der Waals surface area contributed by atoms with E-state index in [0.717, 1.165) is 24.3 Å². The van der Waals surface area contributed by atoms with Gasteiger partial charge in [-0.3, -0.25) is 0 Å². The zero-order valence-electron chi connectivity index (χ0n) is 32.8. The molecule has 4 aromatic rings. The van der Waals surface area contributed by atoms with E-state index in [9.17, 15) is 46.4 Å². The summed E-state index contributed by atoms with van der Waals surface area (Å²) in [5, 5.41) is 73.4. The molecule has 4 atom stereocenters. The molecule has 28 heteroatoms. The second-order valence-electron chi connectivity index (χ2n) is 12.5. The Morgan fingerprint density at radius 1 is 0.550 bits per heavy atom. The van der Waals surface area contributed by atoms with Gasteiger partial charge in [-0.2, -0.15) is 29.9 Å². The summed E-state index contributed by atoms with van der Waals surface area (Å²) >= 11 is 0. The number of aliphatic hydroxyl groups is 6. The van der Waals surface area contributed by atoms with Crippen LogP contribution in [0.3, 0.4) is 0 Å². The standard InChI is InChI=1S/C32H44N12O12S2.2K/c1-17(47)11-33-27-39-29(35-13-23(49)15-45)43-31(41-27)37-21-7-5-19(25(9-21)57(51,52)53)3-4-20-6-8-22(10-26(20)58(54,55)56)38-32-42-28(34-12-18(2)48)40-30(44-32)36-14-24(50)16-46;;/h3-10,17-18,23-24,45-50H,11-16H2,1-2H3,(H,51,52,53)(H,54,55,56)(H3,33,35,37,39,41,43)(H3,34,36,38,40,42,44);;/q;2*+1/p-2/b4-3+;;. The maximum Gasteiger partial charge on any atom is 1.00 e. The van der Waals surface area contributed by atoms with Crippen LogP contribution >= 0.6 is 0 Å². The first kappa shape index (κ1) is 54.0. The van der Waals surface area contributed by atoms with Crippen molar-refractivity contribution in [1.82, 2.24) is 29.9 Å². The van der Waals surface area contributed by atoms with Gasteiger partial charge in [0.05, 0.1) is 47.4 Å². The molecule has 316 valence electrons. The van der Waals surface area contributed by atoms with Crippen molar-refractivity contribution in [2.75, 3.05) is 71.3 Å². The normalized spacial score (nSPS) is 13.6. The van der Waals surface area contributed by atoms with E-state index in [4.69, 9.17) is 10.2 Å². The van der Waals surface area contributed by atoms with Crippen molar-refractivity contribution in [2.45, 2.75) is 48.1 Å². The van der Waals surface area contributed by atoms with Crippen molar-refractivity contribution in [3.05, 3.63) is 47.5 Å². The third kappa shape index (κ3) is 17.9. The molecule has 0 aliphatic carbocycles. The van der Waals surface area contributed by atoms with E-state index in [-0.39, 0.29) is 187 Å². The Morgan fingerprint density at radius 3 is 1.13 bits per heavy atom. The number of aromatic nitrogens is 6. The molecule has 60 heavy (non-hydrogen) atoms. The van der Waals surface area contributed by atoms with Gasteiger partial charge in [0.25, 0.3) is 0 Å². The molecule has 0 amide bonds. The summed E-state index contributed by atoms with van der Waals surface area (Å²) in [4.78, 5) is 23.4. The summed E-state index contributed by atoms with van der Waals surface area (Å²) in [6.45, 7) is 1.71. The van der Waals surface area contributed by atoms with Crippen LogP contribution in [0.1, 0.15) is 25.0 Å². The van der Waals surface area contributed by atoms with E-state index in [1.165, 1.54) is 38.1 Å². The Balaban J connectivity index is 0.00000620. The molecule has 2 aromatic carbocycles. The van der Waals surface area contributed by atoms with Crippen molar-refractivity contribution < 1.29 is 159 Å². The molecule has 0 aliphatic heterocycles. The molecule has 12 N–H and O–H groups in total. The number of nitrogens with zero attached hydrogens (tertiary/aromatic N) is 6. The van der Waals surface area contributed by atoms with Gasteiger partial charge in [-0.15, -0.1) is 0 Å². The van der Waals surface area contributed by atoms with Crippen molar-refractivity contribution >= 4 is 79.5 Å². The number of nitrogens with one attached hydrogen (secondary N) is 6. The zero-order valence-corrected chi connectivity index (χ0v) is 40.7. The van der Waals surface area contributed by atoms with Crippen LogP contribution in [0.25, 0.3) is 12.2 Å². The number of benzene rings is 2. The van der Waals surface area contributed by atoms with Gasteiger partial charge in [0.1, 0.15) is 20.2 Å². The first-order chi connectivity index (χ1) is 27.3. The average molecular weight is 929 g/mol. The van der Waals surface area contributed by atoms with Gasteiger partial charge in [0, 0.05) is 37.6 Å². The van der Waals surface area contributed by atoms with Crippen LogP contribution in [0.2, 0.25) is 0 Å². The quantitative estimate of drug-likeness (QED) is 0.0198. The van der Waals surface area contributed by atoms with Gasteiger partial charge in [0.2, 0.25) is 35.7 Å². The number of hydrogen-bond donors (Lipinski definition) is 12. The van der Waals surface area contributed by atoms with E-state index in [1.54, 1.807) is 0 Å². The summed E-state index contributed by atoms with van der Waals surface area (Å²) in [5.41, 5.74) is -0.323. The van der Waals surface area contributed by atoms with E-state index in [1.807, 2.05) is 0 Å². The molecule has 0 bridgehead atoms. The molecule has 0 radical (unpaired) electrons. The topological polar surface area (TPSA) is 385 Å². The molecule has 2 heterocycles. The Kier molecular flexibility index (Phi) is 22.7. The Bertz CT molecular complexity index is 2120. The van der Waals surface area contributed by atoms with E-state index in [0.29, 0.717) is 0 Å². The molecule has 0 spiro atoms. The van der Waals surface area contributed by atoms with E-state index in [2.05, 4.69) is 61.8 Å². The summed E-state index contributed by atoms with van der Waals surface area (Å²) < 4.78 is 74.4. The molecule has 24 nitrogen and oxygen atoms in total. The summed E-state index contributed by atoms with van der Waals surface area (Å²) in [5.74, 6) is -0.504. The molecule has 0 aliphatic rings. The maximum absolute atomic E-state index is 12.4. The van der Waals surface area contributed by atoms with Gasteiger partial charge < -0.3 is 71.6 Å². The van der Waals surface area contributed by atoms with Crippen molar-refractivity contribution in [3.8, 4) is 0 Å². The Hall–Kier alpha value is -2.15. The van der Waals surface area contributed by atoms with Crippen LogP contribution in [0, 0.1) is 0 Å². The van der Waals surface area contributed by atoms with Crippen LogP contribution < -0.4 is 135 Å². The third-order valence-corrected chi connectivity index (χ3v) is 9.10. The third-order valence-electron chi connectivity index (χ3n) is 7.32. The largest absolute Gasteiger partial charge is 1.00 e. The predicted octanol–water partition coefficient (Wildman–Crippen LogP) is -7.35. The molecule has 0 fully saturated rings. The first-order valence-electron chi connectivity index (χ1n) is 17.2. The molecule has 0 saturated heterocycles. The van der Waals surface area contributed by atoms with Crippen LogP contribution in [-0.4, -0.2) is 150 Å². The maximum atomic E-state index is 12.4. The SMILES string of the molecule is CC(O)CNc1nc(NCC(O)CO)nc(Nc2ccc(/C=C/c3ccc(Nc4nc(NCC(C)O)nc(NCC(O)CO)n4)cc3S(=O)(=O)[O-])c(S(=O)(=O)[O-])c2)n1.[K+].[K+]. The molecule has 2 aromatic heterocycles. The van der Waals surface area contributed by atoms with Crippen LogP contribution in [0.5, 0.6) is 0 Å². The number of hydrogen-bond acceptors (Lipinski definition) is 24. The molecule has 4 unspecified atom stereocenters. The minimum absolute atomic E-state index is 0. The van der Waals surface area contributed by atoms with Crippen molar-refractivity contribution in [1.29, 1.82) is 0 Å². The van der Waals surface area contributed by atoms with Crippen molar-refractivity contribution in [3.63, 3.8) is 0 Å². The second kappa shape index (κ2) is 25.2. The fourth-order valence-corrected chi connectivity index (χ4v) is 5.97. The van der Waals surface area contributed by atoms with E-state index >= 15 is 0 Å². The smallest absolute Gasteiger partial charge is 0.744 e. The van der Waals surface area contributed by atoms with E-state index < -0.39 is 67.7 Å². The molecule has 4 rings (SSSR count). The summed E-state index contributed by atoms with van der Waals surface area (Å²) in [6.07, 6.45) is -1.64. The summed E-state index contributed by atoms with van der Waals surface area (Å²) in [7, 11) is -10.3. The average Bonchev–Trinajstić information content (AvgIpc) is 3.16. The molecular weight excluding hydrogens is 887 g/mol. The number of aliphatic hydroxyl groups excluding tert-OH is 6. The molecule has 0 saturated carbocycles. The van der Waals surface area contributed by atoms with Crippen LogP contribution in [-0.2, 0) is 20.2 Å². The van der Waals surface area contributed by atoms with Gasteiger partial charge >= 0.3 is 103 Å². The predicted molar refractivity (Wildman–Crippen MR) is 207 cm³/mol. The fourth-order valence-electron chi connectivity index (χ4n) is 4.58. The number of anilines is 8. The van der Waals surface area contributed by atoms with Gasteiger partial charge in [-0.05, 0) is 49.2 Å².